The van der Waals surface area contributed by atoms with Crippen molar-refractivity contribution < 1.29 is 5.11 Å². The second-order valence-corrected chi connectivity index (χ2v) is 10.9. The van der Waals surface area contributed by atoms with Gasteiger partial charge in [0.15, 0.2) is 0 Å². The molecule has 4 aromatic rings. The average molecular weight is 641 g/mol. The lowest BCUT2D eigenvalue weighted by atomic mass is 9.92. The number of pyridine rings is 2. The molecule has 0 bridgehead atoms. The van der Waals surface area contributed by atoms with E-state index in [9.17, 15) is 5.11 Å². The van der Waals surface area contributed by atoms with Crippen LogP contribution in [0.4, 0.5) is 5.69 Å². The molecule has 0 fully saturated rings. The Bertz CT molecular complexity index is 1390. The molecule has 5 rings (SSSR count). The van der Waals surface area contributed by atoms with Crippen LogP contribution in [0, 0.1) is 0 Å². The monoisotopic (exact) mass is 638 g/mol. The topological polar surface area (TPSA) is 70.1 Å². The second kappa shape index (κ2) is 17.8. The van der Waals surface area contributed by atoms with E-state index in [1.165, 1.54) is 73.7 Å². The first-order chi connectivity index (χ1) is 18.7. The molecule has 224 valence electrons. The molecule has 2 aromatic heterocycles. The van der Waals surface area contributed by atoms with Crippen LogP contribution >= 0.6 is 48.8 Å². The Morgan fingerprint density at radius 2 is 1.49 bits per heavy atom. The molecule has 0 saturated heterocycles. The molecule has 2 heterocycles. The number of rotatable bonds is 13. The third-order valence-electron chi connectivity index (χ3n) is 7.71. The maximum absolute atomic E-state index is 10.5. The first-order valence-electron chi connectivity index (χ1n) is 14.3. The van der Waals surface area contributed by atoms with Gasteiger partial charge in [0.05, 0.1) is 10.5 Å². The summed E-state index contributed by atoms with van der Waals surface area (Å²) < 4.78 is 0. The summed E-state index contributed by atoms with van der Waals surface area (Å²) in [6, 6.07) is 14.1. The maximum atomic E-state index is 10.5. The summed E-state index contributed by atoms with van der Waals surface area (Å²) in [6.07, 6.45) is 15.2. The first kappa shape index (κ1) is 35.2. The molecule has 0 aliphatic heterocycles. The van der Waals surface area contributed by atoms with E-state index in [1.807, 2.05) is 18.2 Å². The average Bonchev–Trinajstić information content (AvgIpc) is 2.95. The SMILES string of the molecule is Cl.Cl.Cl.Oc1c(CNCCCCCCCCCNc2c3c(nc4ccccc24)CCCC3)cc(Cl)c2cccnc12. The van der Waals surface area contributed by atoms with E-state index in [0.29, 0.717) is 17.1 Å². The number of nitrogens with zero attached hydrogens (tertiary/aromatic N) is 2. The molecule has 0 atom stereocenters. The fourth-order valence-electron chi connectivity index (χ4n) is 5.64. The van der Waals surface area contributed by atoms with Crippen molar-refractivity contribution in [1.29, 1.82) is 0 Å². The van der Waals surface area contributed by atoms with Gasteiger partial charge >= 0.3 is 0 Å². The second-order valence-electron chi connectivity index (χ2n) is 10.5. The summed E-state index contributed by atoms with van der Waals surface area (Å²) >= 11 is 6.37. The van der Waals surface area contributed by atoms with Crippen molar-refractivity contribution in [3.05, 3.63) is 70.5 Å². The van der Waals surface area contributed by atoms with E-state index in [-0.39, 0.29) is 43.0 Å². The largest absolute Gasteiger partial charge is 0.505 e. The Morgan fingerprint density at radius 3 is 2.29 bits per heavy atom. The predicted molar refractivity (Wildman–Crippen MR) is 181 cm³/mol. The van der Waals surface area contributed by atoms with Crippen LogP contribution in [-0.4, -0.2) is 28.2 Å². The molecule has 0 spiro atoms. The summed E-state index contributed by atoms with van der Waals surface area (Å²) in [7, 11) is 0. The van der Waals surface area contributed by atoms with E-state index < -0.39 is 0 Å². The number of hydrogen-bond donors (Lipinski definition) is 3. The van der Waals surface area contributed by atoms with Crippen molar-refractivity contribution in [2.45, 2.75) is 77.2 Å². The summed E-state index contributed by atoms with van der Waals surface area (Å²) in [5.41, 5.74) is 6.60. The number of fused-ring (bicyclic) bond motifs is 3. The van der Waals surface area contributed by atoms with Gasteiger partial charge in [0, 0.05) is 47.0 Å². The number of unbranched alkanes of at least 4 members (excludes halogenated alkanes) is 6. The van der Waals surface area contributed by atoms with Gasteiger partial charge in [0.25, 0.3) is 0 Å². The highest BCUT2D eigenvalue weighted by molar-refractivity contribution is 6.35. The quantitative estimate of drug-likeness (QED) is 0.127. The first-order valence-corrected chi connectivity index (χ1v) is 14.7. The molecular formula is C32H42Cl4N4O. The Morgan fingerprint density at radius 1 is 0.805 bits per heavy atom. The zero-order chi connectivity index (χ0) is 26.2. The van der Waals surface area contributed by atoms with Gasteiger partial charge in [-0.25, -0.2) is 0 Å². The highest BCUT2D eigenvalue weighted by Gasteiger charge is 2.17. The van der Waals surface area contributed by atoms with Crippen molar-refractivity contribution in [2.75, 3.05) is 18.4 Å². The molecule has 41 heavy (non-hydrogen) atoms. The smallest absolute Gasteiger partial charge is 0.146 e. The van der Waals surface area contributed by atoms with Crippen LogP contribution in [-0.2, 0) is 19.4 Å². The Balaban J connectivity index is 0.00000196. The summed E-state index contributed by atoms with van der Waals surface area (Å²) in [5.74, 6) is 0.226. The van der Waals surface area contributed by atoms with Gasteiger partial charge in [-0.05, 0) is 74.9 Å². The van der Waals surface area contributed by atoms with Crippen LogP contribution in [0.15, 0.2) is 48.7 Å². The number of aryl methyl sites for hydroxylation is 1. The molecule has 0 radical (unpaired) electrons. The van der Waals surface area contributed by atoms with Crippen LogP contribution in [0.2, 0.25) is 5.02 Å². The fourth-order valence-corrected chi connectivity index (χ4v) is 5.93. The number of benzene rings is 2. The fraction of sp³-hybridized carbons (Fsp3) is 0.438. The van der Waals surface area contributed by atoms with E-state index in [2.05, 4.69) is 39.9 Å². The van der Waals surface area contributed by atoms with Crippen LogP contribution in [0.25, 0.3) is 21.8 Å². The number of nitrogens with one attached hydrogen (secondary N) is 2. The van der Waals surface area contributed by atoms with Crippen LogP contribution in [0.3, 0.4) is 0 Å². The standard InChI is InChI=1S/C32H39ClN4O.3ClH/c33-27-21-23(32(38)31-24(27)15-12-20-36-31)22-34-18-10-4-2-1-3-5-11-19-35-30-25-13-6-8-16-28(25)37-29-17-9-7-14-26(29)30;;;/h6,8,12-13,15-16,20-21,34,38H,1-5,7,9-11,14,17-19,22H2,(H,35,37);3*1H. The zero-order valence-electron chi connectivity index (χ0n) is 23.5. The van der Waals surface area contributed by atoms with Crippen molar-refractivity contribution in [2.24, 2.45) is 0 Å². The third-order valence-corrected chi connectivity index (χ3v) is 8.02. The lowest BCUT2D eigenvalue weighted by Crippen LogP contribution is -2.14. The number of phenols is 1. The van der Waals surface area contributed by atoms with Gasteiger partial charge in [-0.2, -0.15) is 0 Å². The minimum absolute atomic E-state index is 0. The van der Waals surface area contributed by atoms with Crippen LogP contribution in [0.1, 0.15) is 74.6 Å². The Kier molecular flexibility index (Phi) is 15.3. The van der Waals surface area contributed by atoms with Crippen molar-refractivity contribution in [1.82, 2.24) is 15.3 Å². The van der Waals surface area contributed by atoms with Gasteiger partial charge in [-0.1, -0.05) is 61.9 Å². The van der Waals surface area contributed by atoms with Gasteiger partial charge in [0.1, 0.15) is 11.3 Å². The number of aromatic hydroxyl groups is 1. The molecule has 0 amide bonds. The van der Waals surface area contributed by atoms with Gasteiger partial charge in [-0.3, -0.25) is 9.97 Å². The molecule has 9 heteroatoms. The number of halogens is 4. The minimum Gasteiger partial charge on any atom is -0.505 e. The normalized spacial score (nSPS) is 12.2. The van der Waals surface area contributed by atoms with Crippen molar-refractivity contribution in [3.63, 3.8) is 0 Å². The number of hydrogen-bond acceptors (Lipinski definition) is 5. The van der Waals surface area contributed by atoms with Crippen molar-refractivity contribution in [3.8, 4) is 5.75 Å². The molecule has 1 aliphatic carbocycles. The van der Waals surface area contributed by atoms with E-state index in [4.69, 9.17) is 16.6 Å². The third kappa shape index (κ3) is 8.98. The van der Waals surface area contributed by atoms with Gasteiger partial charge in [-0.15, -0.1) is 37.2 Å². The Labute approximate surface area is 267 Å². The highest BCUT2D eigenvalue weighted by Crippen LogP contribution is 2.34. The van der Waals surface area contributed by atoms with E-state index in [1.54, 1.807) is 6.20 Å². The minimum atomic E-state index is 0. The van der Waals surface area contributed by atoms with Crippen molar-refractivity contribution >= 4 is 76.3 Å². The molecule has 0 saturated carbocycles. The molecule has 0 unspecified atom stereocenters. The molecular weight excluding hydrogens is 598 g/mol. The van der Waals surface area contributed by atoms with Crippen LogP contribution in [0.5, 0.6) is 5.75 Å². The van der Waals surface area contributed by atoms with Crippen LogP contribution < -0.4 is 10.6 Å². The molecule has 5 nitrogen and oxygen atoms in total. The number of para-hydroxylation sites is 1. The maximum Gasteiger partial charge on any atom is 0.146 e. The lowest BCUT2D eigenvalue weighted by Gasteiger charge is -2.21. The van der Waals surface area contributed by atoms with Gasteiger partial charge < -0.3 is 15.7 Å². The predicted octanol–water partition coefficient (Wildman–Crippen LogP) is 9.22. The lowest BCUT2D eigenvalue weighted by molar-refractivity contribution is 0.468. The number of aromatic nitrogens is 2. The summed E-state index contributed by atoms with van der Waals surface area (Å²) in [5, 5.41) is 20.5. The molecule has 3 N–H and O–H groups in total. The summed E-state index contributed by atoms with van der Waals surface area (Å²) in [4.78, 5) is 9.23. The van der Waals surface area contributed by atoms with E-state index in [0.717, 1.165) is 48.8 Å². The molecule has 2 aromatic carbocycles. The Hall–Kier alpha value is -2.02. The molecule has 1 aliphatic rings. The summed E-state index contributed by atoms with van der Waals surface area (Å²) in [6.45, 7) is 2.57. The van der Waals surface area contributed by atoms with E-state index >= 15 is 0 Å². The zero-order valence-corrected chi connectivity index (χ0v) is 26.7. The number of anilines is 1. The highest BCUT2D eigenvalue weighted by atomic mass is 35.5. The number of phenolic OH excluding ortho intramolecular Hbond substituents is 1. The van der Waals surface area contributed by atoms with Gasteiger partial charge in [0.2, 0.25) is 0 Å².